The first-order chi connectivity index (χ1) is 10.2. The van der Waals surface area contributed by atoms with Gasteiger partial charge in [0.05, 0.1) is 7.11 Å². The second-order valence-corrected chi connectivity index (χ2v) is 6.29. The number of hydrogen-bond donors (Lipinski definition) is 1. The van der Waals surface area contributed by atoms with Crippen molar-refractivity contribution in [1.29, 1.82) is 0 Å². The smallest absolute Gasteiger partial charge is 0.125 e. The highest BCUT2D eigenvalue weighted by Crippen LogP contribution is 2.35. The second-order valence-electron chi connectivity index (χ2n) is 6.29. The normalized spacial score (nSPS) is 17.5. The molecule has 1 saturated carbocycles. The molecule has 1 aliphatic rings. The molecular formula is C18H30N2O. The zero-order valence-electron chi connectivity index (χ0n) is 14.0. The Morgan fingerprint density at radius 2 is 2.00 bits per heavy atom. The van der Waals surface area contributed by atoms with E-state index in [0.29, 0.717) is 0 Å². The van der Waals surface area contributed by atoms with Crippen LogP contribution in [-0.4, -0.2) is 27.7 Å². The molecule has 2 rings (SSSR count). The van der Waals surface area contributed by atoms with Crippen LogP contribution in [0.25, 0.3) is 0 Å². The predicted octanol–water partition coefficient (Wildman–Crippen LogP) is 3.99. The number of nitrogens with one attached hydrogen (secondary N) is 1. The molecule has 1 aliphatic carbocycles. The maximum absolute atomic E-state index is 5.58. The third-order valence-corrected chi connectivity index (χ3v) is 4.80. The Bertz CT molecular complexity index is 441. The van der Waals surface area contributed by atoms with Gasteiger partial charge in [0.15, 0.2) is 0 Å². The highest BCUT2D eigenvalue weighted by molar-refractivity contribution is 5.60. The van der Waals surface area contributed by atoms with Gasteiger partial charge < -0.3 is 15.0 Å². The lowest BCUT2D eigenvalue weighted by Gasteiger charge is -2.31. The molecule has 1 aromatic carbocycles. The standard InChI is InChI=1S/C18H30N2O/c1-14(19-2)18-16(11-8-12-17(18)21-4)20(3)13-15-9-6-5-7-10-15/h8,11-12,14-15,19H,5-7,9-10,13H2,1-4H3. The van der Waals surface area contributed by atoms with E-state index in [1.165, 1.54) is 43.4 Å². The number of benzene rings is 1. The average molecular weight is 290 g/mol. The van der Waals surface area contributed by atoms with Gasteiger partial charge in [-0.05, 0) is 44.9 Å². The van der Waals surface area contributed by atoms with Crippen LogP contribution in [0.2, 0.25) is 0 Å². The molecule has 0 radical (unpaired) electrons. The van der Waals surface area contributed by atoms with Gasteiger partial charge in [-0.1, -0.05) is 25.3 Å². The van der Waals surface area contributed by atoms with E-state index in [4.69, 9.17) is 4.74 Å². The molecule has 1 N–H and O–H groups in total. The Kier molecular flexibility index (Phi) is 5.92. The molecule has 3 nitrogen and oxygen atoms in total. The molecule has 0 aromatic heterocycles. The van der Waals surface area contributed by atoms with Gasteiger partial charge in [-0.2, -0.15) is 0 Å². The van der Waals surface area contributed by atoms with Crippen LogP contribution in [0.15, 0.2) is 18.2 Å². The lowest BCUT2D eigenvalue weighted by molar-refractivity contribution is 0.361. The first kappa shape index (κ1) is 16.2. The molecule has 0 heterocycles. The van der Waals surface area contributed by atoms with Crippen molar-refractivity contribution in [3.8, 4) is 5.75 Å². The van der Waals surface area contributed by atoms with Crippen LogP contribution in [0.1, 0.15) is 50.6 Å². The van der Waals surface area contributed by atoms with Crippen molar-refractivity contribution in [3.05, 3.63) is 23.8 Å². The summed E-state index contributed by atoms with van der Waals surface area (Å²) in [5, 5.41) is 3.35. The largest absolute Gasteiger partial charge is 0.496 e. The number of hydrogen-bond acceptors (Lipinski definition) is 3. The van der Waals surface area contributed by atoms with Crippen LogP contribution < -0.4 is 15.0 Å². The maximum atomic E-state index is 5.58. The highest BCUT2D eigenvalue weighted by Gasteiger charge is 2.20. The van der Waals surface area contributed by atoms with Crippen molar-refractivity contribution >= 4 is 5.69 Å². The third kappa shape index (κ3) is 3.91. The Morgan fingerprint density at radius 3 is 2.62 bits per heavy atom. The van der Waals surface area contributed by atoms with Gasteiger partial charge in [0.2, 0.25) is 0 Å². The van der Waals surface area contributed by atoms with Crippen LogP contribution in [0.3, 0.4) is 0 Å². The van der Waals surface area contributed by atoms with E-state index >= 15 is 0 Å². The summed E-state index contributed by atoms with van der Waals surface area (Å²) in [6.45, 7) is 3.34. The number of rotatable bonds is 6. The van der Waals surface area contributed by atoms with Crippen molar-refractivity contribution in [1.82, 2.24) is 5.32 Å². The molecule has 0 saturated heterocycles. The number of methoxy groups -OCH3 is 1. The fourth-order valence-corrected chi connectivity index (χ4v) is 3.48. The minimum absolute atomic E-state index is 0.282. The Balaban J connectivity index is 2.20. The van der Waals surface area contributed by atoms with Crippen LogP contribution in [-0.2, 0) is 0 Å². The minimum Gasteiger partial charge on any atom is -0.496 e. The topological polar surface area (TPSA) is 24.5 Å². The lowest BCUT2D eigenvalue weighted by atomic mass is 9.88. The fraction of sp³-hybridized carbons (Fsp3) is 0.667. The monoisotopic (exact) mass is 290 g/mol. The van der Waals surface area contributed by atoms with Crippen molar-refractivity contribution in [3.63, 3.8) is 0 Å². The van der Waals surface area contributed by atoms with E-state index < -0.39 is 0 Å². The Morgan fingerprint density at radius 1 is 1.29 bits per heavy atom. The number of nitrogens with zero attached hydrogens (tertiary/aromatic N) is 1. The van der Waals surface area contributed by atoms with E-state index in [9.17, 15) is 0 Å². The summed E-state index contributed by atoms with van der Waals surface area (Å²) in [5.74, 6) is 1.82. The SMILES string of the molecule is CNC(C)c1c(OC)cccc1N(C)CC1CCCCC1. The second kappa shape index (κ2) is 7.69. The quantitative estimate of drug-likeness (QED) is 0.857. The summed E-state index contributed by atoms with van der Waals surface area (Å²) >= 11 is 0. The van der Waals surface area contributed by atoms with E-state index in [1.807, 2.05) is 7.05 Å². The minimum atomic E-state index is 0.282. The van der Waals surface area contributed by atoms with Gasteiger partial charge in [-0.3, -0.25) is 0 Å². The molecule has 0 aliphatic heterocycles. The van der Waals surface area contributed by atoms with Crippen LogP contribution in [0.5, 0.6) is 5.75 Å². The molecule has 0 bridgehead atoms. The molecule has 0 spiro atoms. The van der Waals surface area contributed by atoms with Crippen LogP contribution in [0.4, 0.5) is 5.69 Å². The van der Waals surface area contributed by atoms with Crippen molar-refractivity contribution in [2.45, 2.75) is 45.1 Å². The zero-order chi connectivity index (χ0) is 15.2. The lowest BCUT2D eigenvalue weighted by Crippen LogP contribution is -2.28. The summed E-state index contributed by atoms with van der Waals surface area (Å²) < 4.78 is 5.58. The van der Waals surface area contributed by atoms with Gasteiger partial charge in [0.1, 0.15) is 5.75 Å². The van der Waals surface area contributed by atoms with E-state index in [0.717, 1.165) is 18.2 Å². The average Bonchev–Trinajstić information content (AvgIpc) is 2.54. The van der Waals surface area contributed by atoms with Gasteiger partial charge in [0.25, 0.3) is 0 Å². The van der Waals surface area contributed by atoms with Crippen LogP contribution >= 0.6 is 0 Å². The molecule has 118 valence electrons. The first-order valence-corrected chi connectivity index (χ1v) is 8.22. The van der Waals surface area contributed by atoms with Gasteiger partial charge >= 0.3 is 0 Å². The third-order valence-electron chi connectivity index (χ3n) is 4.80. The maximum Gasteiger partial charge on any atom is 0.125 e. The summed E-state index contributed by atoms with van der Waals surface area (Å²) in [5.41, 5.74) is 2.56. The summed E-state index contributed by atoms with van der Waals surface area (Å²) in [6.07, 6.45) is 6.98. The molecule has 21 heavy (non-hydrogen) atoms. The predicted molar refractivity (Wildman–Crippen MR) is 90.3 cm³/mol. The van der Waals surface area contributed by atoms with Gasteiger partial charge in [-0.25, -0.2) is 0 Å². The molecule has 1 aromatic rings. The molecule has 1 atom stereocenters. The van der Waals surface area contributed by atoms with Crippen molar-refractivity contribution in [2.24, 2.45) is 5.92 Å². The van der Waals surface area contributed by atoms with Gasteiger partial charge in [-0.15, -0.1) is 0 Å². The molecule has 0 amide bonds. The Hall–Kier alpha value is -1.22. The number of ether oxygens (including phenoxy) is 1. The summed E-state index contributed by atoms with van der Waals surface area (Å²) in [6, 6.07) is 6.65. The summed E-state index contributed by atoms with van der Waals surface area (Å²) in [4.78, 5) is 2.42. The zero-order valence-corrected chi connectivity index (χ0v) is 14.0. The first-order valence-electron chi connectivity index (χ1n) is 8.22. The molecular weight excluding hydrogens is 260 g/mol. The van der Waals surface area contributed by atoms with Crippen LogP contribution in [0, 0.1) is 5.92 Å². The van der Waals surface area contributed by atoms with E-state index in [1.54, 1.807) is 7.11 Å². The molecule has 1 fully saturated rings. The Labute approximate surface area is 129 Å². The van der Waals surface area contributed by atoms with Crippen molar-refractivity contribution < 1.29 is 4.74 Å². The molecule has 1 unspecified atom stereocenters. The van der Waals surface area contributed by atoms with Gasteiger partial charge in [0, 0.05) is 30.9 Å². The van der Waals surface area contributed by atoms with Crippen molar-refractivity contribution in [2.75, 3.05) is 32.6 Å². The fourth-order valence-electron chi connectivity index (χ4n) is 3.48. The highest BCUT2D eigenvalue weighted by atomic mass is 16.5. The van der Waals surface area contributed by atoms with E-state index in [2.05, 4.69) is 42.4 Å². The summed E-state index contributed by atoms with van der Waals surface area (Å²) in [7, 11) is 5.98. The number of anilines is 1. The molecule has 3 heteroatoms. The van der Waals surface area contributed by atoms with E-state index in [-0.39, 0.29) is 6.04 Å².